The van der Waals surface area contributed by atoms with Gasteiger partial charge in [0.25, 0.3) is 0 Å². The maximum atomic E-state index is 13.4. The summed E-state index contributed by atoms with van der Waals surface area (Å²) in [5, 5.41) is -0.221. The molecule has 1 rings (SSSR count). The van der Waals surface area contributed by atoms with Crippen molar-refractivity contribution in [3.8, 4) is 5.75 Å². The Morgan fingerprint density at radius 2 is 2.11 bits per heavy atom. The lowest BCUT2D eigenvalue weighted by molar-refractivity contribution is -0.275. The summed E-state index contributed by atoms with van der Waals surface area (Å²) in [5.41, 5.74) is -0.716. The van der Waals surface area contributed by atoms with E-state index in [2.05, 4.69) is 30.4 Å². The molecule has 4 nitrogen and oxygen atoms in total. The average molecular weight is 346 g/mol. The van der Waals surface area contributed by atoms with Crippen LogP contribution in [0.25, 0.3) is 0 Å². The van der Waals surface area contributed by atoms with Crippen molar-refractivity contribution in [3.05, 3.63) is 23.3 Å². The predicted molar refractivity (Wildman–Crippen MR) is 59.2 cm³/mol. The lowest BCUT2D eigenvalue weighted by atomic mass is 10.1. The van der Waals surface area contributed by atoms with Crippen LogP contribution in [0.3, 0.4) is 0 Å². The molecule has 106 valence electrons. The highest BCUT2D eigenvalue weighted by molar-refractivity contribution is 9.08. The molecule has 0 aliphatic heterocycles. The van der Waals surface area contributed by atoms with Gasteiger partial charge >= 0.3 is 12.3 Å². The van der Waals surface area contributed by atoms with Gasteiger partial charge in [-0.3, -0.25) is 9.78 Å². The molecule has 0 fully saturated rings. The zero-order valence-electron chi connectivity index (χ0n) is 9.55. The molecule has 0 aliphatic carbocycles. The molecule has 0 saturated heterocycles. The van der Waals surface area contributed by atoms with E-state index in [9.17, 15) is 22.4 Å². The second kappa shape index (κ2) is 6.18. The van der Waals surface area contributed by atoms with E-state index in [-0.39, 0.29) is 16.6 Å². The van der Waals surface area contributed by atoms with Crippen LogP contribution in [0.2, 0.25) is 0 Å². The van der Waals surface area contributed by atoms with Crippen LogP contribution in [-0.2, 0) is 21.3 Å². The van der Waals surface area contributed by atoms with Gasteiger partial charge < -0.3 is 9.47 Å². The third-order valence-corrected chi connectivity index (χ3v) is 2.61. The fourth-order valence-electron chi connectivity index (χ4n) is 1.25. The van der Waals surface area contributed by atoms with Gasteiger partial charge in [-0.15, -0.1) is 13.2 Å². The normalized spacial score (nSPS) is 11.3. The summed E-state index contributed by atoms with van der Waals surface area (Å²) in [7, 11) is 1.07. The molecule has 0 aliphatic rings. The Hall–Kier alpha value is -1.38. The van der Waals surface area contributed by atoms with Gasteiger partial charge in [0.1, 0.15) is 5.82 Å². The number of pyridine rings is 1. The van der Waals surface area contributed by atoms with Crippen molar-refractivity contribution in [1.82, 2.24) is 4.98 Å². The van der Waals surface area contributed by atoms with Crippen LogP contribution in [-0.4, -0.2) is 24.4 Å². The molecule has 0 atom stereocenters. The maximum Gasteiger partial charge on any atom is 0.573 e. The molecule has 9 heteroatoms. The Morgan fingerprint density at radius 3 is 2.58 bits per heavy atom. The van der Waals surface area contributed by atoms with Crippen LogP contribution in [0.1, 0.15) is 11.3 Å². The number of hydrogen-bond acceptors (Lipinski definition) is 4. The lowest BCUT2D eigenvalue weighted by Crippen LogP contribution is -2.21. The summed E-state index contributed by atoms with van der Waals surface area (Å²) in [6, 6.07) is 0. The number of hydrogen-bond donors (Lipinski definition) is 0. The lowest BCUT2D eigenvalue weighted by Gasteiger charge is -2.15. The second-order valence-corrected chi connectivity index (χ2v) is 3.86. The van der Waals surface area contributed by atoms with Gasteiger partial charge in [-0.2, -0.15) is 0 Å². The predicted octanol–water partition coefficient (Wildman–Crippen LogP) is 2.73. The van der Waals surface area contributed by atoms with Crippen molar-refractivity contribution in [2.45, 2.75) is 18.1 Å². The number of alkyl halides is 4. The molecule has 1 aromatic rings. The molecule has 0 unspecified atom stereocenters. The van der Waals surface area contributed by atoms with Gasteiger partial charge in [-0.25, -0.2) is 4.39 Å². The molecular formula is C10H8BrF4NO3. The second-order valence-electron chi connectivity index (χ2n) is 3.29. The van der Waals surface area contributed by atoms with Gasteiger partial charge in [0.05, 0.1) is 25.4 Å². The van der Waals surface area contributed by atoms with Crippen LogP contribution in [0, 0.1) is 5.82 Å². The summed E-state index contributed by atoms with van der Waals surface area (Å²) >= 11 is 2.85. The first-order valence-corrected chi connectivity index (χ1v) is 5.95. The fraction of sp³-hybridized carbons (Fsp3) is 0.400. The number of esters is 1. The molecule has 1 aromatic heterocycles. The highest BCUT2D eigenvalue weighted by Crippen LogP contribution is 2.32. The number of rotatable bonds is 4. The summed E-state index contributed by atoms with van der Waals surface area (Å²) < 4.78 is 58.3. The Balaban J connectivity index is 3.25. The molecule has 0 radical (unpaired) electrons. The first-order chi connectivity index (χ1) is 8.78. The number of ether oxygens (including phenoxy) is 2. The van der Waals surface area contributed by atoms with Gasteiger partial charge in [0.2, 0.25) is 0 Å². The molecule has 19 heavy (non-hydrogen) atoms. The molecule has 0 amide bonds. The van der Waals surface area contributed by atoms with Crippen molar-refractivity contribution in [1.29, 1.82) is 0 Å². The number of carbonyl (C=O) groups is 1. The summed E-state index contributed by atoms with van der Waals surface area (Å²) in [5.74, 6) is -2.61. The number of methoxy groups -OCH3 is 1. The van der Waals surface area contributed by atoms with E-state index in [4.69, 9.17) is 0 Å². The topological polar surface area (TPSA) is 48.4 Å². The van der Waals surface area contributed by atoms with Gasteiger partial charge in [-0.05, 0) is 0 Å². The van der Waals surface area contributed by atoms with E-state index in [1.165, 1.54) is 0 Å². The standard InChI is InChI=1S/C10H8BrF4NO3/c1-18-8(17)2-7-9(19-10(13,14)15)5(3-11)6(12)4-16-7/h4H,2-3H2,1H3. The monoisotopic (exact) mass is 345 g/mol. The van der Waals surface area contributed by atoms with Crippen molar-refractivity contribution < 1.29 is 31.8 Å². The average Bonchev–Trinajstić information content (AvgIpc) is 2.31. The highest BCUT2D eigenvalue weighted by Gasteiger charge is 2.34. The minimum Gasteiger partial charge on any atom is -0.469 e. The van der Waals surface area contributed by atoms with E-state index in [1.54, 1.807) is 0 Å². The van der Waals surface area contributed by atoms with Crippen LogP contribution in [0.4, 0.5) is 17.6 Å². The van der Waals surface area contributed by atoms with E-state index < -0.39 is 30.3 Å². The molecule has 0 N–H and O–H groups in total. The van der Waals surface area contributed by atoms with Crippen LogP contribution in [0.15, 0.2) is 6.20 Å². The van der Waals surface area contributed by atoms with Crippen molar-refractivity contribution >= 4 is 21.9 Å². The number of nitrogens with zero attached hydrogens (tertiary/aromatic N) is 1. The molecule has 0 spiro atoms. The van der Waals surface area contributed by atoms with E-state index in [1.807, 2.05) is 0 Å². The maximum absolute atomic E-state index is 13.4. The zero-order valence-corrected chi connectivity index (χ0v) is 11.1. The molecule has 0 saturated carbocycles. The molecular weight excluding hydrogens is 338 g/mol. The SMILES string of the molecule is COC(=O)Cc1ncc(F)c(CBr)c1OC(F)(F)F. The fourth-order valence-corrected chi connectivity index (χ4v) is 1.77. The minimum absolute atomic E-state index is 0.221. The molecule has 0 aromatic carbocycles. The third-order valence-electron chi connectivity index (χ3n) is 2.05. The summed E-state index contributed by atoms with van der Waals surface area (Å²) in [6.07, 6.45) is -4.85. The van der Waals surface area contributed by atoms with Crippen molar-refractivity contribution in [2.24, 2.45) is 0 Å². The van der Waals surface area contributed by atoms with Crippen LogP contribution < -0.4 is 4.74 Å². The van der Waals surface area contributed by atoms with Crippen molar-refractivity contribution in [2.75, 3.05) is 7.11 Å². The van der Waals surface area contributed by atoms with Gasteiger partial charge in [0, 0.05) is 10.9 Å². The van der Waals surface area contributed by atoms with Gasteiger partial charge in [-0.1, -0.05) is 15.9 Å². The first kappa shape index (κ1) is 15.7. The molecule has 1 heterocycles. The number of aromatic nitrogens is 1. The van der Waals surface area contributed by atoms with E-state index in [0.29, 0.717) is 0 Å². The van der Waals surface area contributed by atoms with Crippen LogP contribution >= 0.6 is 15.9 Å². The van der Waals surface area contributed by atoms with Crippen LogP contribution in [0.5, 0.6) is 5.75 Å². The number of carbonyl (C=O) groups excluding carboxylic acids is 1. The Morgan fingerprint density at radius 1 is 1.47 bits per heavy atom. The third kappa shape index (κ3) is 4.34. The van der Waals surface area contributed by atoms with Crippen molar-refractivity contribution in [3.63, 3.8) is 0 Å². The first-order valence-electron chi connectivity index (χ1n) is 4.83. The quantitative estimate of drug-likeness (QED) is 0.478. The summed E-state index contributed by atoms with van der Waals surface area (Å²) in [6.45, 7) is 0. The Bertz CT molecular complexity index is 479. The smallest absolute Gasteiger partial charge is 0.469 e. The Kier molecular flexibility index (Phi) is 5.10. The Labute approximate surface area is 113 Å². The largest absolute Gasteiger partial charge is 0.573 e. The highest BCUT2D eigenvalue weighted by atomic mass is 79.9. The minimum atomic E-state index is -5.02. The zero-order chi connectivity index (χ0) is 14.6. The van der Waals surface area contributed by atoms with E-state index >= 15 is 0 Å². The molecule has 0 bridgehead atoms. The van der Waals surface area contributed by atoms with E-state index in [0.717, 1.165) is 13.3 Å². The van der Waals surface area contributed by atoms with Gasteiger partial charge in [0.15, 0.2) is 5.75 Å². The number of halogens is 5. The summed E-state index contributed by atoms with van der Waals surface area (Å²) in [4.78, 5) is 14.5.